The molecule has 0 spiro atoms. The number of hydrogen-bond acceptors (Lipinski definition) is 2. The van der Waals surface area contributed by atoms with Crippen molar-refractivity contribution in [3.05, 3.63) is 28.8 Å². The van der Waals surface area contributed by atoms with Crippen LogP contribution in [-0.4, -0.2) is 16.1 Å². The zero-order valence-electron chi connectivity index (χ0n) is 7.50. The number of rotatable bonds is 3. The SMILES string of the molecule is CCC(C(=O)O)c1ncc(Cl)cc1F. The van der Waals surface area contributed by atoms with Crippen LogP contribution in [0.4, 0.5) is 4.39 Å². The molecule has 0 aromatic carbocycles. The molecule has 1 atom stereocenters. The molecule has 0 aliphatic carbocycles. The molecular weight excluding hydrogens is 209 g/mol. The third kappa shape index (κ3) is 2.20. The van der Waals surface area contributed by atoms with Crippen molar-refractivity contribution in [1.82, 2.24) is 4.98 Å². The minimum Gasteiger partial charge on any atom is -0.481 e. The van der Waals surface area contributed by atoms with Gasteiger partial charge in [-0.15, -0.1) is 0 Å². The monoisotopic (exact) mass is 217 g/mol. The molecule has 0 fully saturated rings. The largest absolute Gasteiger partial charge is 0.481 e. The van der Waals surface area contributed by atoms with E-state index in [0.29, 0.717) is 6.42 Å². The molecule has 76 valence electrons. The van der Waals surface area contributed by atoms with Gasteiger partial charge in [-0.25, -0.2) is 4.39 Å². The van der Waals surface area contributed by atoms with Gasteiger partial charge in [-0.2, -0.15) is 0 Å². The van der Waals surface area contributed by atoms with Gasteiger partial charge in [0.2, 0.25) is 0 Å². The summed E-state index contributed by atoms with van der Waals surface area (Å²) in [6.45, 7) is 1.66. The highest BCUT2D eigenvalue weighted by atomic mass is 35.5. The maximum atomic E-state index is 13.2. The van der Waals surface area contributed by atoms with E-state index in [1.807, 2.05) is 0 Å². The van der Waals surface area contributed by atoms with E-state index in [0.717, 1.165) is 6.07 Å². The molecule has 3 nitrogen and oxygen atoms in total. The van der Waals surface area contributed by atoms with E-state index >= 15 is 0 Å². The topological polar surface area (TPSA) is 50.2 Å². The number of pyridine rings is 1. The van der Waals surface area contributed by atoms with Crippen LogP contribution in [0.3, 0.4) is 0 Å². The van der Waals surface area contributed by atoms with Crippen molar-refractivity contribution in [1.29, 1.82) is 0 Å². The quantitative estimate of drug-likeness (QED) is 0.846. The first-order valence-electron chi connectivity index (χ1n) is 4.10. The first-order chi connectivity index (χ1) is 6.56. The van der Waals surface area contributed by atoms with Crippen LogP contribution in [0.2, 0.25) is 5.02 Å². The van der Waals surface area contributed by atoms with Crippen LogP contribution >= 0.6 is 11.6 Å². The van der Waals surface area contributed by atoms with Crippen LogP contribution in [0.5, 0.6) is 0 Å². The molecule has 1 unspecified atom stereocenters. The Balaban J connectivity index is 3.10. The zero-order valence-corrected chi connectivity index (χ0v) is 8.25. The third-order valence-electron chi connectivity index (χ3n) is 1.87. The highest BCUT2D eigenvalue weighted by Crippen LogP contribution is 2.22. The Labute approximate surface area is 85.5 Å². The Morgan fingerprint density at radius 2 is 2.43 bits per heavy atom. The third-order valence-corrected chi connectivity index (χ3v) is 2.08. The van der Waals surface area contributed by atoms with Gasteiger partial charge in [0.05, 0.1) is 10.7 Å². The van der Waals surface area contributed by atoms with E-state index in [1.54, 1.807) is 6.92 Å². The molecule has 0 saturated carbocycles. The van der Waals surface area contributed by atoms with Crippen LogP contribution in [0.1, 0.15) is 25.0 Å². The summed E-state index contributed by atoms with van der Waals surface area (Å²) in [4.78, 5) is 14.4. The van der Waals surface area contributed by atoms with E-state index in [1.165, 1.54) is 6.20 Å². The lowest BCUT2D eigenvalue weighted by molar-refractivity contribution is -0.139. The number of carboxylic acids is 1. The molecule has 5 heteroatoms. The molecule has 0 bridgehead atoms. The first kappa shape index (κ1) is 10.9. The maximum Gasteiger partial charge on any atom is 0.312 e. The van der Waals surface area contributed by atoms with Crippen LogP contribution in [0, 0.1) is 5.82 Å². The lowest BCUT2D eigenvalue weighted by atomic mass is 10.0. The standard InChI is InChI=1S/C9H9ClFNO2/c1-2-6(9(13)14)8-7(11)3-5(10)4-12-8/h3-4,6H,2H2,1H3,(H,13,14). The predicted octanol–water partition coefficient (Wildman–Crippen LogP) is 2.45. The summed E-state index contributed by atoms with van der Waals surface area (Å²) in [5.41, 5.74) is -0.0654. The fraction of sp³-hybridized carbons (Fsp3) is 0.333. The van der Waals surface area contributed by atoms with Gasteiger partial charge in [-0.1, -0.05) is 18.5 Å². The van der Waals surface area contributed by atoms with Crippen molar-refractivity contribution >= 4 is 17.6 Å². The molecular formula is C9H9ClFNO2. The summed E-state index contributed by atoms with van der Waals surface area (Å²) < 4.78 is 13.2. The maximum absolute atomic E-state index is 13.2. The number of carbonyl (C=O) groups is 1. The fourth-order valence-corrected chi connectivity index (χ4v) is 1.31. The average molecular weight is 218 g/mol. The Hall–Kier alpha value is -1.16. The summed E-state index contributed by atoms with van der Waals surface area (Å²) in [6, 6.07) is 1.06. The van der Waals surface area contributed by atoms with Crippen molar-refractivity contribution in [2.45, 2.75) is 19.3 Å². The van der Waals surface area contributed by atoms with Gasteiger partial charge in [0.1, 0.15) is 11.7 Å². The average Bonchev–Trinajstić information content (AvgIpc) is 2.09. The number of aliphatic carboxylic acids is 1. The number of nitrogens with zero attached hydrogens (tertiary/aromatic N) is 1. The highest BCUT2D eigenvalue weighted by molar-refractivity contribution is 6.30. The summed E-state index contributed by atoms with van der Waals surface area (Å²) in [7, 11) is 0. The smallest absolute Gasteiger partial charge is 0.312 e. The minimum absolute atomic E-state index is 0.0654. The summed E-state index contributed by atoms with van der Waals surface area (Å²) in [6.07, 6.45) is 1.53. The number of hydrogen-bond donors (Lipinski definition) is 1. The second-order valence-electron chi connectivity index (χ2n) is 2.82. The van der Waals surface area contributed by atoms with Crippen molar-refractivity contribution in [3.63, 3.8) is 0 Å². The molecule has 1 N–H and O–H groups in total. The zero-order chi connectivity index (χ0) is 10.7. The molecule has 0 aliphatic rings. The second-order valence-corrected chi connectivity index (χ2v) is 3.26. The van der Waals surface area contributed by atoms with E-state index in [4.69, 9.17) is 16.7 Å². The van der Waals surface area contributed by atoms with Crippen LogP contribution in [-0.2, 0) is 4.79 Å². The molecule has 0 radical (unpaired) electrons. The van der Waals surface area contributed by atoms with E-state index in [9.17, 15) is 9.18 Å². The first-order valence-corrected chi connectivity index (χ1v) is 4.47. The number of aromatic nitrogens is 1. The van der Waals surface area contributed by atoms with Gasteiger partial charge < -0.3 is 5.11 Å². The van der Waals surface area contributed by atoms with Gasteiger partial charge in [0.15, 0.2) is 0 Å². The molecule has 1 aromatic heterocycles. The molecule has 1 aromatic rings. The van der Waals surface area contributed by atoms with Gasteiger partial charge >= 0.3 is 5.97 Å². The van der Waals surface area contributed by atoms with Gasteiger partial charge in [-0.05, 0) is 12.5 Å². The predicted molar refractivity (Wildman–Crippen MR) is 49.9 cm³/mol. The summed E-state index contributed by atoms with van der Waals surface area (Å²) in [5.74, 6) is -2.67. The Morgan fingerprint density at radius 1 is 1.79 bits per heavy atom. The number of halogens is 2. The van der Waals surface area contributed by atoms with Crippen molar-refractivity contribution in [2.24, 2.45) is 0 Å². The Morgan fingerprint density at radius 3 is 2.86 bits per heavy atom. The number of carboxylic acid groups (broad SMARTS) is 1. The molecule has 14 heavy (non-hydrogen) atoms. The van der Waals surface area contributed by atoms with Crippen molar-refractivity contribution in [3.8, 4) is 0 Å². The fourth-order valence-electron chi connectivity index (χ4n) is 1.17. The molecule has 1 rings (SSSR count). The Bertz CT molecular complexity index is 357. The van der Waals surface area contributed by atoms with Gasteiger partial charge in [-0.3, -0.25) is 9.78 Å². The van der Waals surface area contributed by atoms with Crippen LogP contribution in [0.15, 0.2) is 12.3 Å². The summed E-state index contributed by atoms with van der Waals surface area (Å²) in [5, 5.41) is 8.94. The minimum atomic E-state index is -1.08. The second kappa shape index (κ2) is 4.37. The summed E-state index contributed by atoms with van der Waals surface area (Å²) >= 11 is 5.49. The van der Waals surface area contributed by atoms with Crippen molar-refractivity contribution < 1.29 is 14.3 Å². The van der Waals surface area contributed by atoms with E-state index in [2.05, 4.69) is 4.98 Å². The van der Waals surface area contributed by atoms with Gasteiger partial charge in [0, 0.05) is 6.20 Å². The normalized spacial score (nSPS) is 12.5. The van der Waals surface area contributed by atoms with E-state index in [-0.39, 0.29) is 10.7 Å². The lowest BCUT2D eigenvalue weighted by Crippen LogP contribution is -2.13. The molecule has 0 aliphatic heterocycles. The van der Waals surface area contributed by atoms with Gasteiger partial charge in [0.25, 0.3) is 0 Å². The molecule has 1 heterocycles. The van der Waals surface area contributed by atoms with Crippen LogP contribution in [0.25, 0.3) is 0 Å². The van der Waals surface area contributed by atoms with Crippen molar-refractivity contribution in [2.75, 3.05) is 0 Å². The lowest BCUT2D eigenvalue weighted by Gasteiger charge is -2.09. The molecule has 0 saturated heterocycles. The highest BCUT2D eigenvalue weighted by Gasteiger charge is 2.22. The van der Waals surface area contributed by atoms with E-state index < -0.39 is 17.7 Å². The Kier molecular flexibility index (Phi) is 3.41. The molecule has 0 amide bonds. The van der Waals surface area contributed by atoms with Crippen LogP contribution < -0.4 is 0 Å².